The second-order valence-electron chi connectivity index (χ2n) is 4.40. The lowest BCUT2D eigenvalue weighted by atomic mass is 9.94. The first-order valence-electron chi connectivity index (χ1n) is 6.17. The van der Waals surface area contributed by atoms with Crippen LogP contribution < -0.4 is 5.32 Å². The van der Waals surface area contributed by atoms with Crippen molar-refractivity contribution in [2.24, 2.45) is 0 Å². The van der Waals surface area contributed by atoms with E-state index >= 15 is 0 Å². The number of hydrogen-bond acceptors (Lipinski definition) is 4. The lowest BCUT2D eigenvalue weighted by molar-refractivity contribution is -0.385. The molecule has 1 amide bonds. The van der Waals surface area contributed by atoms with Crippen molar-refractivity contribution >= 4 is 11.6 Å². The van der Waals surface area contributed by atoms with Crippen molar-refractivity contribution in [3.05, 3.63) is 39.4 Å². The number of hydrogen-bond donors (Lipinski definition) is 1. The van der Waals surface area contributed by atoms with Crippen LogP contribution in [0.4, 0.5) is 14.5 Å². The zero-order valence-electron chi connectivity index (χ0n) is 11.4. The first-order valence-corrected chi connectivity index (χ1v) is 6.17. The maximum atomic E-state index is 13.2. The fourth-order valence-electron chi connectivity index (χ4n) is 1.77. The Kier molecular flexibility index (Phi) is 4.92. The second kappa shape index (κ2) is 6.26. The molecule has 0 fully saturated rings. The number of halogens is 2. The average molecular weight is 297 g/mol. The SMILES string of the molecule is CCC(C#N)(CC)NC(=O)c1cc(F)c(F)cc1[N+](=O)[O-]. The highest BCUT2D eigenvalue weighted by molar-refractivity contribution is 5.98. The Morgan fingerprint density at radius 1 is 1.38 bits per heavy atom. The zero-order chi connectivity index (χ0) is 16.2. The van der Waals surface area contributed by atoms with Crippen molar-refractivity contribution in [3.8, 4) is 6.07 Å². The van der Waals surface area contributed by atoms with E-state index in [0.717, 1.165) is 0 Å². The molecule has 112 valence electrons. The van der Waals surface area contributed by atoms with Crippen LogP contribution in [0.5, 0.6) is 0 Å². The average Bonchev–Trinajstić information content (AvgIpc) is 2.46. The van der Waals surface area contributed by atoms with Gasteiger partial charge in [-0.25, -0.2) is 8.78 Å². The fourth-order valence-corrected chi connectivity index (χ4v) is 1.77. The Bertz CT molecular complexity index is 622. The molecule has 0 unspecified atom stereocenters. The van der Waals surface area contributed by atoms with Crippen molar-refractivity contribution < 1.29 is 18.5 Å². The molecule has 0 saturated heterocycles. The summed E-state index contributed by atoms with van der Waals surface area (Å²) in [6.45, 7) is 3.32. The molecule has 0 aromatic heterocycles. The molecule has 0 bridgehead atoms. The molecule has 0 atom stereocenters. The first kappa shape index (κ1) is 16.5. The van der Waals surface area contributed by atoms with Gasteiger partial charge in [0.1, 0.15) is 11.1 Å². The van der Waals surface area contributed by atoms with Crippen LogP contribution in [0.1, 0.15) is 37.0 Å². The quantitative estimate of drug-likeness (QED) is 0.667. The molecule has 1 rings (SSSR count). The van der Waals surface area contributed by atoms with E-state index < -0.39 is 39.3 Å². The highest BCUT2D eigenvalue weighted by Gasteiger charge is 2.31. The molecule has 0 aliphatic rings. The van der Waals surface area contributed by atoms with Crippen LogP contribution in [0.3, 0.4) is 0 Å². The predicted molar refractivity (Wildman–Crippen MR) is 69.4 cm³/mol. The van der Waals surface area contributed by atoms with Gasteiger partial charge in [-0.05, 0) is 18.9 Å². The molecule has 0 aliphatic carbocycles. The molecule has 8 heteroatoms. The summed E-state index contributed by atoms with van der Waals surface area (Å²) in [5.74, 6) is -3.79. The van der Waals surface area contributed by atoms with E-state index in [4.69, 9.17) is 5.26 Å². The number of nitrogens with zero attached hydrogens (tertiary/aromatic N) is 2. The Balaban J connectivity index is 3.28. The van der Waals surface area contributed by atoms with Gasteiger partial charge in [-0.3, -0.25) is 14.9 Å². The topological polar surface area (TPSA) is 96.0 Å². The van der Waals surface area contributed by atoms with Crippen molar-refractivity contribution in [3.63, 3.8) is 0 Å². The highest BCUT2D eigenvalue weighted by Crippen LogP contribution is 2.24. The van der Waals surface area contributed by atoms with Gasteiger partial charge >= 0.3 is 0 Å². The van der Waals surface area contributed by atoms with E-state index in [1.54, 1.807) is 13.8 Å². The Hall–Kier alpha value is -2.56. The molecule has 21 heavy (non-hydrogen) atoms. The molecule has 0 heterocycles. The van der Waals surface area contributed by atoms with E-state index in [9.17, 15) is 23.7 Å². The minimum Gasteiger partial charge on any atom is -0.333 e. The first-order chi connectivity index (χ1) is 9.80. The molecular formula is C13H13F2N3O3. The van der Waals surface area contributed by atoms with Crippen LogP contribution in [-0.4, -0.2) is 16.4 Å². The maximum absolute atomic E-state index is 13.2. The lowest BCUT2D eigenvalue weighted by Gasteiger charge is -2.24. The van der Waals surface area contributed by atoms with Gasteiger partial charge in [0.2, 0.25) is 0 Å². The summed E-state index contributed by atoms with van der Waals surface area (Å²) in [6.07, 6.45) is 0.534. The summed E-state index contributed by atoms with van der Waals surface area (Å²) in [5.41, 5.74) is -2.69. The third-order valence-corrected chi connectivity index (χ3v) is 3.25. The van der Waals surface area contributed by atoms with Crippen LogP contribution in [0.25, 0.3) is 0 Å². The third-order valence-electron chi connectivity index (χ3n) is 3.25. The number of nitrogens with one attached hydrogen (secondary N) is 1. The molecule has 0 aliphatic heterocycles. The van der Waals surface area contributed by atoms with E-state index in [1.165, 1.54) is 0 Å². The van der Waals surface area contributed by atoms with E-state index in [1.807, 2.05) is 6.07 Å². The van der Waals surface area contributed by atoms with Crippen LogP contribution in [-0.2, 0) is 0 Å². The fraction of sp³-hybridized carbons (Fsp3) is 0.385. The van der Waals surface area contributed by atoms with Gasteiger partial charge in [-0.2, -0.15) is 5.26 Å². The minimum absolute atomic E-state index is 0.267. The maximum Gasteiger partial charge on any atom is 0.285 e. The standard InChI is InChI=1S/C13H13F2N3O3/c1-3-13(4-2,7-16)17-12(19)8-5-9(14)10(15)6-11(8)18(20)21/h5-6H,3-4H2,1-2H3,(H,17,19). The largest absolute Gasteiger partial charge is 0.333 e. The molecule has 1 aromatic rings. The summed E-state index contributed by atoms with van der Waals surface area (Å²) in [7, 11) is 0. The number of rotatable bonds is 5. The molecule has 1 N–H and O–H groups in total. The van der Waals surface area contributed by atoms with Crippen LogP contribution in [0.15, 0.2) is 12.1 Å². The Morgan fingerprint density at radius 2 is 1.90 bits per heavy atom. The number of nitriles is 1. The van der Waals surface area contributed by atoms with Gasteiger partial charge in [0.05, 0.1) is 17.1 Å². The Morgan fingerprint density at radius 3 is 2.33 bits per heavy atom. The number of nitro groups is 1. The van der Waals surface area contributed by atoms with E-state index in [-0.39, 0.29) is 12.8 Å². The summed E-state index contributed by atoms with van der Waals surface area (Å²) >= 11 is 0. The van der Waals surface area contributed by atoms with E-state index in [2.05, 4.69) is 5.32 Å². The zero-order valence-corrected chi connectivity index (χ0v) is 11.4. The molecule has 0 spiro atoms. The number of benzene rings is 1. The van der Waals surface area contributed by atoms with Gasteiger partial charge in [0.15, 0.2) is 11.6 Å². The van der Waals surface area contributed by atoms with Crippen LogP contribution in [0.2, 0.25) is 0 Å². The van der Waals surface area contributed by atoms with Gasteiger partial charge in [0.25, 0.3) is 11.6 Å². The number of carbonyl (C=O) groups excluding carboxylic acids is 1. The minimum atomic E-state index is -1.42. The smallest absolute Gasteiger partial charge is 0.285 e. The van der Waals surface area contributed by atoms with Crippen molar-refractivity contribution in [1.29, 1.82) is 5.26 Å². The summed E-state index contributed by atoms with van der Waals surface area (Å²) < 4.78 is 26.3. The number of carbonyl (C=O) groups is 1. The van der Waals surface area contributed by atoms with Crippen molar-refractivity contribution in [1.82, 2.24) is 5.32 Å². The van der Waals surface area contributed by atoms with Gasteiger partial charge in [0, 0.05) is 0 Å². The van der Waals surface area contributed by atoms with Gasteiger partial charge in [-0.15, -0.1) is 0 Å². The number of amides is 1. The van der Waals surface area contributed by atoms with Crippen LogP contribution in [0, 0.1) is 33.1 Å². The van der Waals surface area contributed by atoms with E-state index in [0.29, 0.717) is 12.1 Å². The van der Waals surface area contributed by atoms with Gasteiger partial charge in [-0.1, -0.05) is 13.8 Å². The molecule has 6 nitrogen and oxygen atoms in total. The highest BCUT2D eigenvalue weighted by atomic mass is 19.2. The lowest BCUT2D eigenvalue weighted by Crippen LogP contribution is -2.46. The monoisotopic (exact) mass is 297 g/mol. The summed E-state index contributed by atoms with van der Waals surface area (Å²) in [6, 6.07) is 2.72. The molecule has 0 radical (unpaired) electrons. The van der Waals surface area contributed by atoms with Crippen molar-refractivity contribution in [2.45, 2.75) is 32.2 Å². The molecule has 1 aromatic carbocycles. The normalized spacial score (nSPS) is 10.8. The summed E-state index contributed by atoms with van der Waals surface area (Å²) in [4.78, 5) is 21.9. The van der Waals surface area contributed by atoms with Gasteiger partial charge < -0.3 is 5.32 Å². The van der Waals surface area contributed by atoms with Crippen molar-refractivity contribution in [2.75, 3.05) is 0 Å². The molecule has 0 saturated carbocycles. The second-order valence-corrected chi connectivity index (χ2v) is 4.40. The Labute approximate surface area is 119 Å². The van der Waals surface area contributed by atoms with Crippen LogP contribution >= 0.6 is 0 Å². The number of nitro benzene ring substituents is 1. The predicted octanol–water partition coefficient (Wildman–Crippen LogP) is 2.69. The molecular weight excluding hydrogens is 284 g/mol. The summed E-state index contributed by atoms with van der Waals surface area (Å²) in [5, 5.41) is 22.3. The third kappa shape index (κ3) is 3.31.